The molecule has 0 fully saturated rings. The number of halogens is 1. The number of allylic oxidation sites excluding steroid dienone is 2. The molecule has 0 saturated carbocycles. The fourth-order valence-electron chi connectivity index (χ4n) is 1.76. The molecule has 0 saturated heterocycles. The van der Waals surface area contributed by atoms with Gasteiger partial charge in [0, 0.05) is 0 Å². The third kappa shape index (κ3) is 1.50. The van der Waals surface area contributed by atoms with Crippen LogP contribution in [0.4, 0.5) is 0 Å². The molecule has 0 bridgehead atoms. The first kappa shape index (κ1) is 9.78. The van der Waals surface area contributed by atoms with Crippen molar-refractivity contribution in [3.8, 4) is 11.5 Å². The highest BCUT2D eigenvalue weighted by atomic mass is 79.9. The zero-order valence-electron chi connectivity index (χ0n) is 8.44. The van der Waals surface area contributed by atoms with E-state index in [-0.39, 0.29) is 4.45 Å². The first-order valence-corrected chi connectivity index (χ1v) is 5.78. The lowest BCUT2D eigenvalue weighted by Crippen LogP contribution is -2.31. The molecule has 1 atom stereocenters. The van der Waals surface area contributed by atoms with Crippen molar-refractivity contribution in [1.82, 2.24) is 5.32 Å². The van der Waals surface area contributed by atoms with Crippen LogP contribution in [-0.4, -0.2) is 6.79 Å². The first-order valence-electron chi connectivity index (χ1n) is 4.99. The highest BCUT2D eigenvalue weighted by Gasteiger charge is 2.27. The van der Waals surface area contributed by atoms with Crippen LogP contribution in [0.25, 0.3) is 0 Å². The minimum absolute atomic E-state index is 0.303. The number of nitrogens with one attached hydrogen (secondary N) is 1. The van der Waals surface area contributed by atoms with E-state index in [0.717, 1.165) is 17.1 Å². The van der Waals surface area contributed by atoms with Gasteiger partial charge < -0.3 is 14.8 Å². The number of ether oxygens (including phenoxy) is 2. The molecular formula is C12H10BrNO2. The summed E-state index contributed by atoms with van der Waals surface area (Å²) in [5.41, 5.74) is 1.08. The van der Waals surface area contributed by atoms with Gasteiger partial charge in [0.25, 0.3) is 0 Å². The molecule has 0 radical (unpaired) electrons. The van der Waals surface area contributed by atoms with Gasteiger partial charge in [0.1, 0.15) is 4.45 Å². The van der Waals surface area contributed by atoms with E-state index in [1.54, 1.807) is 0 Å². The van der Waals surface area contributed by atoms with Gasteiger partial charge in [-0.1, -0.05) is 28.1 Å². The summed E-state index contributed by atoms with van der Waals surface area (Å²) in [6.45, 7) is 0.303. The van der Waals surface area contributed by atoms with Gasteiger partial charge in [-0.05, 0) is 36.0 Å². The van der Waals surface area contributed by atoms with Crippen LogP contribution in [0, 0.1) is 0 Å². The lowest BCUT2D eigenvalue weighted by Gasteiger charge is -2.27. The Hall–Kier alpha value is -1.42. The number of hydrogen-bond acceptors (Lipinski definition) is 3. The number of hydrogen-bond donors (Lipinski definition) is 1. The van der Waals surface area contributed by atoms with E-state index >= 15 is 0 Å². The first-order chi connectivity index (χ1) is 7.78. The van der Waals surface area contributed by atoms with Gasteiger partial charge >= 0.3 is 0 Å². The van der Waals surface area contributed by atoms with Gasteiger partial charge in [0.15, 0.2) is 11.5 Å². The van der Waals surface area contributed by atoms with E-state index in [9.17, 15) is 0 Å². The largest absolute Gasteiger partial charge is 0.454 e. The normalized spacial score (nSPS) is 25.6. The second-order valence-electron chi connectivity index (χ2n) is 3.64. The molecule has 1 aromatic rings. The van der Waals surface area contributed by atoms with Crippen molar-refractivity contribution >= 4 is 15.9 Å². The van der Waals surface area contributed by atoms with Crippen molar-refractivity contribution in [3.05, 3.63) is 48.2 Å². The molecule has 2 aliphatic heterocycles. The molecule has 1 unspecified atom stereocenters. The monoisotopic (exact) mass is 279 g/mol. The maximum Gasteiger partial charge on any atom is 0.231 e. The zero-order chi connectivity index (χ0) is 11.0. The fraction of sp³-hybridized carbons (Fsp3) is 0.167. The summed E-state index contributed by atoms with van der Waals surface area (Å²) >= 11 is 3.67. The van der Waals surface area contributed by atoms with Crippen LogP contribution >= 0.6 is 15.9 Å². The summed E-state index contributed by atoms with van der Waals surface area (Å²) in [5, 5.41) is 3.26. The van der Waals surface area contributed by atoms with Crippen LogP contribution in [0.1, 0.15) is 5.56 Å². The number of fused-ring (bicyclic) bond motifs is 1. The second kappa shape index (κ2) is 3.56. The predicted molar refractivity (Wildman–Crippen MR) is 64.6 cm³/mol. The van der Waals surface area contributed by atoms with Crippen molar-refractivity contribution in [2.24, 2.45) is 0 Å². The quantitative estimate of drug-likeness (QED) is 0.633. The number of dihydropyridines is 1. The van der Waals surface area contributed by atoms with Crippen LogP contribution in [0.15, 0.2) is 42.6 Å². The molecule has 3 nitrogen and oxygen atoms in total. The topological polar surface area (TPSA) is 30.5 Å². The van der Waals surface area contributed by atoms with Crippen molar-refractivity contribution in [3.63, 3.8) is 0 Å². The SMILES string of the molecule is BrC1(c2ccc3c(c2)OCO3)C=CC=CN1. The maximum absolute atomic E-state index is 5.36. The third-order valence-corrected chi connectivity index (χ3v) is 3.57. The van der Waals surface area contributed by atoms with Crippen LogP contribution in [0.2, 0.25) is 0 Å². The Morgan fingerprint density at radius 1 is 1.19 bits per heavy atom. The standard InChI is InChI=1S/C12H10BrNO2/c13-12(5-1-2-6-14-12)9-3-4-10-11(7-9)16-8-15-10/h1-7,14H,8H2. The Bertz CT molecular complexity index is 484. The summed E-state index contributed by atoms with van der Waals surface area (Å²) in [6.07, 6.45) is 7.90. The second-order valence-corrected chi connectivity index (χ2v) is 4.89. The van der Waals surface area contributed by atoms with Gasteiger partial charge in [-0.25, -0.2) is 0 Å². The molecule has 2 heterocycles. The average molecular weight is 280 g/mol. The van der Waals surface area contributed by atoms with Gasteiger partial charge in [0.2, 0.25) is 6.79 Å². The summed E-state index contributed by atoms with van der Waals surface area (Å²) < 4.78 is 10.3. The van der Waals surface area contributed by atoms with Crippen LogP contribution in [0.3, 0.4) is 0 Å². The van der Waals surface area contributed by atoms with E-state index in [1.807, 2.05) is 42.6 Å². The summed E-state index contributed by atoms with van der Waals surface area (Å²) in [6, 6.07) is 5.92. The molecule has 1 N–H and O–H groups in total. The minimum atomic E-state index is -0.358. The summed E-state index contributed by atoms with van der Waals surface area (Å²) in [4.78, 5) is 0. The van der Waals surface area contributed by atoms with Crippen LogP contribution < -0.4 is 14.8 Å². The van der Waals surface area contributed by atoms with Crippen molar-refractivity contribution in [2.75, 3.05) is 6.79 Å². The maximum atomic E-state index is 5.36. The van der Waals surface area contributed by atoms with Gasteiger partial charge in [-0.15, -0.1) is 0 Å². The molecular weight excluding hydrogens is 270 g/mol. The fourth-order valence-corrected chi connectivity index (χ4v) is 2.30. The minimum Gasteiger partial charge on any atom is -0.454 e. The predicted octanol–water partition coefficient (Wildman–Crippen LogP) is 2.64. The molecule has 16 heavy (non-hydrogen) atoms. The summed E-state index contributed by atoms with van der Waals surface area (Å²) in [5.74, 6) is 1.59. The Kier molecular flexibility index (Phi) is 2.17. The lowest BCUT2D eigenvalue weighted by atomic mass is 10.0. The molecule has 0 spiro atoms. The highest BCUT2D eigenvalue weighted by molar-refractivity contribution is 9.09. The average Bonchev–Trinajstić information content (AvgIpc) is 2.77. The molecule has 0 aliphatic carbocycles. The number of benzene rings is 1. The lowest BCUT2D eigenvalue weighted by molar-refractivity contribution is 0.174. The zero-order valence-corrected chi connectivity index (χ0v) is 10.0. The van der Waals surface area contributed by atoms with Crippen molar-refractivity contribution < 1.29 is 9.47 Å². The number of alkyl halides is 1. The van der Waals surface area contributed by atoms with Crippen molar-refractivity contribution in [1.29, 1.82) is 0 Å². The third-order valence-electron chi connectivity index (χ3n) is 2.62. The van der Waals surface area contributed by atoms with E-state index in [0.29, 0.717) is 6.79 Å². The Labute approximate surface area is 102 Å². The van der Waals surface area contributed by atoms with Gasteiger partial charge in [0.05, 0.1) is 0 Å². The molecule has 4 heteroatoms. The number of rotatable bonds is 1. The molecule has 2 aliphatic rings. The molecule has 0 aromatic heterocycles. The molecule has 0 amide bonds. The van der Waals surface area contributed by atoms with Crippen LogP contribution in [0.5, 0.6) is 11.5 Å². The van der Waals surface area contributed by atoms with E-state index < -0.39 is 0 Å². The van der Waals surface area contributed by atoms with Crippen LogP contribution in [-0.2, 0) is 4.45 Å². The summed E-state index contributed by atoms with van der Waals surface area (Å²) in [7, 11) is 0. The smallest absolute Gasteiger partial charge is 0.231 e. The Balaban J connectivity index is 2.01. The Morgan fingerprint density at radius 2 is 2.06 bits per heavy atom. The van der Waals surface area contributed by atoms with E-state index in [4.69, 9.17) is 9.47 Å². The molecule has 1 aromatic carbocycles. The highest BCUT2D eigenvalue weighted by Crippen LogP contribution is 2.39. The molecule has 82 valence electrons. The Morgan fingerprint density at radius 3 is 2.88 bits per heavy atom. The van der Waals surface area contributed by atoms with E-state index in [1.165, 1.54) is 0 Å². The van der Waals surface area contributed by atoms with Gasteiger partial charge in [-0.2, -0.15) is 0 Å². The van der Waals surface area contributed by atoms with Gasteiger partial charge in [-0.3, -0.25) is 0 Å². The van der Waals surface area contributed by atoms with Crippen molar-refractivity contribution in [2.45, 2.75) is 4.45 Å². The molecule has 3 rings (SSSR count). The van der Waals surface area contributed by atoms with E-state index in [2.05, 4.69) is 21.2 Å².